The van der Waals surface area contributed by atoms with Crippen molar-refractivity contribution in [3.8, 4) is 11.3 Å². The van der Waals surface area contributed by atoms with E-state index in [4.69, 9.17) is 4.98 Å². The number of nitrogens with zero attached hydrogens (tertiary/aromatic N) is 3. The molecule has 5 heteroatoms. The lowest BCUT2D eigenvalue weighted by atomic mass is 10.1. The van der Waals surface area contributed by atoms with Crippen LogP contribution in [0, 0.1) is 13.8 Å². The van der Waals surface area contributed by atoms with Crippen molar-refractivity contribution in [3.63, 3.8) is 0 Å². The Balaban J connectivity index is 2.29. The molecule has 5 nitrogen and oxygen atoms in total. The maximum Gasteiger partial charge on any atom is 0.139 e. The molecule has 0 amide bonds. The Labute approximate surface area is 124 Å². The summed E-state index contributed by atoms with van der Waals surface area (Å²) in [5.74, 6) is 1.01. The average molecular weight is 283 g/mol. The number of aromatic nitrogens is 4. The summed E-state index contributed by atoms with van der Waals surface area (Å²) in [5.41, 5.74) is 4.90. The number of pyridine rings is 1. The maximum atomic E-state index is 4.80. The number of hydrogen-bond donors (Lipinski definition) is 2. The zero-order valence-corrected chi connectivity index (χ0v) is 13.2. The topological polar surface area (TPSA) is 58.0 Å². The Morgan fingerprint density at radius 1 is 1.19 bits per heavy atom. The summed E-state index contributed by atoms with van der Waals surface area (Å²) in [6.45, 7) is 10.5. The number of anilines is 1. The lowest BCUT2D eigenvalue weighted by molar-refractivity contribution is 0.629. The van der Waals surface area contributed by atoms with E-state index >= 15 is 0 Å². The summed E-state index contributed by atoms with van der Waals surface area (Å²) in [5, 5.41) is 10.9. The van der Waals surface area contributed by atoms with E-state index in [2.05, 4.69) is 40.7 Å². The van der Waals surface area contributed by atoms with Gasteiger partial charge in [-0.25, -0.2) is 4.98 Å². The number of rotatable bonds is 2. The van der Waals surface area contributed by atoms with Gasteiger partial charge in [0.25, 0.3) is 0 Å². The molecular weight excluding hydrogens is 262 g/mol. The summed E-state index contributed by atoms with van der Waals surface area (Å²) in [7, 11) is 0. The lowest BCUT2D eigenvalue weighted by Crippen LogP contribution is -2.27. The van der Waals surface area contributed by atoms with Crippen molar-refractivity contribution in [2.75, 3.05) is 5.32 Å². The van der Waals surface area contributed by atoms with Gasteiger partial charge in [-0.1, -0.05) is 6.07 Å². The second kappa shape index (κ2) is 4.62. The number of H-pyrrole nitrogens is 1. The van der Waals surface area contributed by atoms with Crippen LogP contribution in [0.25, 0.3) is 16.9 Å². The Morgan fingerprint density at radius 2 is 1.95 bits per heavy atom. The van der Waals surface area contributed by atoms with Crippen LogP contribution in [-0.4, -0.2) is 25.1 Å². The fourth-order valence-corrected chi connectivity index (χ4v) is 2.54. The standard InChI is InChI=1S/C16H21N5/c1-10-13(11(2)20-19-10)14-15(18-16(3,4)5)21-9-7-6-8-12(21)17-14/h6-9,18H,1-5H3,(H,19,20). The van der Waals surface area contributed by atoms with E-state index in [-0.39, 0.29) is 5.54 Å². The average Bonchev–Trinajstić information content (AvgIpc) is 2.90. The van der Waals surface area contributed by atoms with Gasteiger partial charge in [0.15, 0.2) is 0 Å². The van der Waals surface area contributed by atoms with Gasteiger partial charge in [0, 0.05) is 23.0 Å². The van der Waals surface area contributed by atoms with Crippen molar-refractivity contribution < 1.29 is 0 Å². The van der Waals surface area contributed by atoms with Crippen LogP contribution in [0.1, 0.15) is 32.2 Å². The molecule has 0 aromatic carbocycles. The Morgan fingerprint density at radius 3 is 2.57 bits per heavy atom. The maximum absolute atomic E-state index is 4.80. The number of hydrogen-bond acceptors (Lipinski definition) is 3. The Kier molecular flexibility index (Phi) is 3.01. The third-order valence-corrected chi connectivity index (χ3v) is 3.39. The molecule has 0 aliphatic heterocycles. The quantitative estimate of drug-likeness (QED) is 0.756. The van der Waals surface area contributed by atoms with Crippen molar-refractivity contribution in [1.82, 2.24) is 19.6 Å². The second-order valence-electron chi connectivity index (χ2n) is 6.42. The highest BCUT2D eigenvalue weighted by Crippen LogP contribution is 2.33. The van der Waals surface area contributed by atoms with E-state index in [1.165, 1.54) is 0 Å². The van der Waals surface area contributed by atoms with Gasteiger partial charge >= 0.3 is 0 Å². The molecule has 0 fully saturated rings. The first-order valence-corrected chi connectivity index (χ1v) is 7.14. The number of imidazole rings is 1. The molecule has 21 heavy (non-hydrogen) atoms. The predicted molar refractivity (Wildman–Crippen MR) is 85.6 cm³/mol. The zero-order chi connectivity index (χ0) is 15.2. The molecule has 0 aliphatic carbocycles. The van der Waals surface area contributed by atoms with Crippen LogP contribution >= 0.6 is 0 Å². The zero-order valence-electron chi connectivity index (χ0n) is 13.2. The number of aryl methyl sites for hydroxylation is 2. The molecule has 0 radical (unpaired) electrons. The minimum absolute atomic E-state index is 0.0495. The summed E-state index contributed by atoms with van der Waals surface area (Å²) in [4.78, 5) is 4.80. The second-order valence-corrected chi connectivity index (χ2v) is 6.42. The molecule has 0 bridgehead atoms. The molecule has 0 saturated carbocycles. The molecule has 3 heterocycles. The molecular formula is C16H21N5. The number of nitrogens with one attached hydrogen (secondary N) is 2. The third-order valence-electron chi connectivity index (χ3n) is 3.39. The monoisotopic (exact) mass is 283 g/mol. The first-order valence-electron chi connectivity index (χ1n) is 7.14. The van der Waals surface area contributed by atoms with E-state index in [1.807, 2.05) is 38.2 Å². The van der Waals surface area contributed by atoms with Crippen molar-refractivity contribution in [2.24, 2.45) is 0 Å². The molecule has 0 aliphatic rings. The molecule has 0 atom stereocenters. The molecule has 3 rings (SSSR count). The first-order chi connectivity index (χ1) is 9.87. The van der Waals surface area contributed by atoms with Crippen molar-refractivity contribution in [3.05, 3.63) is 35.8 Å². The van der Waals surface area contributed by atoms with Gasteiger partial charge in [-0.15, -0.1) is 0 Å². The van der Waals surface area contributed by atoms with Crippen LogP contribution in [0.5, 0.6) is 0 Å². The minimum Gasteiger partial charge on any atom is -0.365 e. The van der Waals surface area contributed by atoms with Gasteiger partial charge in [-0.2, -0.15) is 5.10 Å². The summed E-state index contributed by atoms with van der Waals surface area (Å²) >= 11 is 0. The third kappa shape index (κ3) is 2.39. The number of aromatic amines is 1. The molecule has 3 aromatic heterocycles. The van der Waals surface area contributed by atoms with E-state index < -0.39 is 0 Å². The van der Waals surface area contributed by atoms with Crippen LogP contribution in [-0.2, 0) is 0 Å². The van der Waals surface area contributed by atoms with Crippen molar-refractivity contribution in [2.45, 2.75) is 40.2 Å². The van der Waals surface area contributed by atoms with Crippen LogP contribution in [0.2, 0.25) is 0 Å². The van der Waals surface area contributed by atoms with Gasteiger partial charge in [-0.3, -0.25) is 9.50 Å². The minimum atomic E-state index is -0.0495. The Hall–Kier alpha value is -2.30. The Bertz CT molecular complexity index is 769. The van der Waals surface area contributed by atoms with E-state index in [1.54, 1.807) is 0 Å². The fraction of sp³-hybridized carbons (Fsp3) is 0.375. The summed E-state index contributed by atoms with van der Waals surface area (Å²) < 4.78 is 2.09. The highest BCUT2D eigenvalue weighted by atomic mass is 15.2. The summed E-state index contributed by atoms with van der Waals surface area (Å²) in [6.07, 6.45) is 2.03. The highest BCUT2D eigenvalue weighted by Gasteiger charge is 2.22. The normalized spacial score (nSPS) is 12.0. The number of fused-ring (bicyclic) bond motifs is 1. The van der Waals surface area contributed by atoms with Gasteiger partial charge in [0.1, 0.15) is 17.2 Å². The van der Waals surface area contributed by atoms with E-state index in [9.17, 15) is 0 Å². The van der Waals surface area contributed by atoms with Gasteiger partial charge in [-0.05, 0) is 46.8 Å². The molecule has 3 aromatic rings. The lowest BCUT2D eigenvalue weighted by Gasteiger charge is -2.22. The van der Waals surface area contributed by atoms with Crippen LogP contribution in [0.4, 0.5) is 5.82 Å². The highest BCUT2D eigenvalue weighted by molar-refractivity contribution is 5.79. The largest absolute Gasteiger partial charge is 0.365 e. The fourth-order valence-electron chi connectivity index (χ4n) is 2.54. The molecule has 0 saturated heterocycles. The molecule has 0 spiro atoms. The van der Waals surface area contributed by atoms with E-state index in [0.29, 0.717) is 0 Å². The van der Waals surface area contributed by atoms with Gasteiger partial charge < -0.3 is 5.32 Å². The molecule has 2 N–H and O–H groups in total. The van der Waals surface area contributed by atoms with Crippen LogP contribution in [0.3, 0.4) is 0 Å². The van der Waals surface area contributed by atoms with Crippen LogP contribution in [0.15, 0.2) is 24.4 Å². The van der Waals surface area contributed by atoms with E-state index in [0.717, 1.165) is 34.1 Å². The van der Waals surface area contributed by atoms with Gasteiger partial charge in [0.05, 0.1) is 5.69 Å². The van der Waals surface area contributed by atoms with Crippen molar-refractivity contribution in [1.29, 1.82) is 0 Å². The molecule has 110 valence electrons. The van der Waals surface area contributed by atoms with Crippen molar-refractivity contribution >= 4 is 11.5 Å². The molecule has 0 unspecified atom stereocenters. The first kappa shape index (κ1) is 13.7. The SMILES string of the molecule is Cc1n[nH]c(C)c1-c1nc2ccccn2c1NC(C)(C)C. The summed E-state index contributed by atoms with van der Waals surface area (Å²) in [6, 6.07) is 6.03. The van der Waals surface area contributed by atoms with Crippen LogP contribution < -0.4 is 5.32 Å². The smallest absolute Gasteiger partial charge is 0.139 e. The predicted octanol–water partition coefficient (Wildman–Crippen LogP) is 3.55. The van der Waals surface area contributed by atoms with Gasteiger partial charge in [0.2, 0.25) is 0 Å².